The lowest BCUT2D eigenvalue weighted by atomic mass is 9.86. The summed E-state index contributed by atoms with van der Waals surface area (Å²) in [6.07, 6.45) is 2.71. The molecule has 4 nitrogen and oxygen atoms in total. The highest BCUT2D eigenvalue weighted by Crippen LogP contribution is 2.30. The van der Waals surface area contributed by atoms with E-state index in [4.69, 9.17) is 9.47 Å². The van der Waals surface area contributed by atoms with Gasteiger partial charge in [-0.05, 0) is 50.0 Å². The van der Waals surface area contributed by atoms with Gasteiger partial charge in [-0.1, -0.05) is 6.07 Å². The van der Waals surface area contributed by atoms with Gasteiger partial charge in [-0.3, -0.25) is 4.90 Å². The molecule has 0 aliphatic carbocycles. The smallest absolute Gasteiger partial charge is 0.337 e. The van der Waals surface area contributed by atoms with E-state index in [2.05, 4.69) is 4.90 Å². The molecule has 102 valence electrons. The van der Waals surface area contributed by atoms with Crippen LogP contribution in [0.2, 0.25) is 0 Å². The van der Waals surface area contributed by atoms with Gasteiger partial charge in [0, 0.05) is 6.54 Å². The summed E-state index contributed by atoms with van der Waals surface area (Å²) < 4.78 is 10.8. The van der Waals surface area contributed by atoms with E-state index in [-0.39, 0.29) is 12.1 Å². The van der Waals surface area contributed by atoms with Crippen LogP contribution in [0.3, 0.4) is 0 Å². The van der Waals surface area contributed by atoms with Crippen molar-refractivity contribution in [2.45, 2.75) is 18.9 Å². The van der Waals surface area contributed by atoms with Crippen molar-refractivity contribution in [1.82, 2.24) is 4.90 Å². The molecule has 1 aromatic carbocycles. The van der Waals surface area contributed by atoms with Crippen molar-refractivity contribution in [2.24, 2.45) is 5.92 Å². The summed E-state index contributed by atoms with van der Waals surface area (Å²) in [5.74, 6) is 1.10. The molecule has 0 spiro atoms. The summed E-state index contributed by atoms with van der Waals surface area (Å²) in [5.41, 5.74) is 0.543. The van der Waals surface area contributed by atoms with Crippen molar-refractivity contribution in [1.29, 1.82) is 0 Å². The highest BCUT2D eigenvalue weighted by atomic mass is 16.5. The number of carbonyl (C=O) groups is 1. The molecular weight excluding hydrogens is 242 g/mol. The third kappa shape index (κ3) is 2.59. The van der Waals surface area contributed by atoms with Crippen molar-refractivity contribution in [3.05, 3.63) is 29.8 Å². The zero-order valence-corrected chi connectivity index (χ0v) is 11.2. The van der Waals surface area contributed by atoms with Gasteiger partial charge in [-0.2, -0.15) is 0 Å². The quantitative estimate of drug-likeness (QED) is 0.780. The number of fused-ring (bicyclic) bond motifs is 3. The summed E-state index contributed by atoms with van der Waals surface area (Å²) in [5, 5.41) is 0. The number of hydrogen-bond donors (Lipinski definition) is 0. The Morgan fingerprint density at radius 3 is 2.74 bits per heavy atom. The van der Waals surface area contributed by atoms with Crippen LogP contribution in [0.25, 0.3) is 0 Å². The fourth-order valence-electron chi connectivity index (χ4n) is 3.03. The van der Waals surface area contributed by atoms with Gasteiger partial charge >= 0.3 is 5.97 Å². The van der Waals surface area contributed by atoms with Gasteiger partial charge in [-0.15, -0.1) is 0 Å². The molecule has 2 bridgehead atoms. The van der Waals surface area contributed by atoms with Crippen LogP contribution in [-0.2, 0) is 4.74 Å². The molecule has 4 rings (SSSR count). The third-order valence-electron chi connectivity index (χ3n) is 4.14. The Morgan fingerprint density at radius 1 is 1.32 bits per heavy atom. The second kappa shape index (κ2) is 5.21. The molecule has 3 aliphatic heterocycles. The summed E-state index contributed by atoms with van der Waals surface area (Å²) in [4.78, 5) is 14.0. The molecule has 3 fully saturated rings. The third-order valence-corrected chi connectivity index (χ3v) is 4.14. The van der Waals surface area contributed by atoms with Crippen molar-refractivity contribution in [3.63, 3.8) is 0 Å². The van der Waals surface area contributed by atoms with E-state index < -0.39 is 0 Å². The predicted octanol–water partition coefficient (Wildman–Crippen LogP) is 1.95. The number of ether oxygens (including phenoxy) is 2. The second-order valence-electron chi connectivity index (χ2n) is 5.31. The first-order valence-corrected chi connectivity index (χ1v) is 6.83. The van der Waals surface area contributed by atoms with E-state index in [0.717, 1.165) is 12.3 Å². The highest BCUT2D eigenvalue weighted by molar-refractivity contribution is 5.89. The van der Waals surface area contributed by atoms with Crippen molar-refractivity contribution < 1.29 is 14.3 Å². The number of nitrogens with zero attached hydrogens (tertiary/aromatic N) is 1. The average molecular weight is 261 g/mol. The Kier molecular flexibility index (Phi) is 3.42. The zero-order chi connectivity index (χ0) is 13.2. The number of hydrogen-bond acceptors (Lipinski definition) is 4. The Morgan fingerprint density at radius 2 is 2.11 bits per heavy atom. The van der Waals surface area contributed by atoms with Gasteiger partial charge in [0.15, 0.2) is 0 Å². The molecule has 1 atom stereocenters. The SMILES string of the molecule is COC(=O)c1cccc(OC2CN3CCC2CC3)c1. The fourth-order valence-corrected chi connectivity index (χ4v) is 3.03. The molecule has 0 radical (unpaired) electrons. The van der Waals surface area contributed by atoms with E-state index in [1.54, 1.807) is 12.1 Å². The number of carbonyl (C=O) groups excluding carboxylic acids is 1. The van der Waals surface area contributed by atoms with Crippen LogP contribution in [0, 0.1) is 5.92 Å². The maximum atomic E-state index is 11.5. The van der Waals surface area contributed by atoms with Gasteiger partial charge in [-0.25, -0.2) is 4.79 Å². The number of rotatable bonds is 3. The molecule has 3 aliphatic rings. The van der Waals surface area contributed by atoms with Gasteiger partial charge in [0.05, 0.1) is 12.7 Å². The lowest BCUT2D eigenvalue weighted by molar-refractivity contribution is -0.00782. The predicted molar refractivity (Wildman–Crippen MR) is 71.4 cm³/mol. The molecule has 0 amide bonds. The number of methoxy groups -OCH3 is 1. The second-order valence-corrected chi connectivity index (χ2v) is 5.31. The van der Waals surface area contributed by atoms with Crippen LogP contribution in [0.15, 0.2) is 24.3 Å². The molecule has 0 saturated carbocycles. The summed E-state index contributed by atoms with van der Waals surface area (Å²) >= 11 is 0. The largest absolute Gasteiger partial charge is 0.489 e. The maximum absolute atomic E-state index is 11.5. The van der Waals surface area contributed by atoms with Gasteiger partial charge < -0.3 is 9.47 Å². The molecule has 0 N–H and O–H groups in total. The first-order chi connectivity index (χ1) is 9.26. The zero-order valence-electron chi connectivity index (χ0n) is 11.2. The Bertz CT molecular complexity index is 466. The normalized spacial score (nSPS) is 29.0. The van der Waals surface area contributed by atoms with Crippen molar-refractivity contribution in [3.8, 4) is 5.75 Å². The van der Waals surface area contributed by atoms with Crippen LogP contribution in [-0.4, -0.2) is 43.7 Å². The van der Waals surface area contributed by atoms with E-state index >= 15 is 0 Å². The van der Waals surface area contributed by atoms with Crippen LogP contribution < -0.4 is 4.74 Å². The minimum Gasteiger partial charge on any atom is -0.489 e. The number of esters is 1. The van der Waals surface area contributed by atoms with Crippen molar-refractivity contribution >= 4 is 5.97 Å². The van der Waals surface area contributed by atoms with E-state index in [0.29, 0.717) is 11.5 Å². The van der Waals surface area contributed by atoms with Crippen LogP contribution in [0.1, 0.15) is 23.2 Å². The molecule has 0 aromatic heterocycles. The topological polar surface area (TPSA) is 38.8 Å². The van der Waals surface area contributed by atoms with Crippen LogP contribution >= 0.6 is 0 Å². The molecule has 1 aromatic rings. The molecule has 1 unspecified atom stereocenters. The Hall–Kier alpha value is -1.55. The Labute approximate surface area is 113 Å². The van der Waals surface area contributed by atoms with Gasteiger partial charge in [0.1, 0.15) is 11.9 Å². The first kappa shape index (κ1) is 12.5. The molecule has 4 heteroatoms. The van der Waals surface area contributed by atoms with Crippen LogP contribution in [0.5, 0.6) is 5.75 Å². The average Bonchev–Trinajstić information content (AvgIpc) is 2.48. The standard InChI is InChI=1S/C15H19NO3/c1-18-15(17)12-3-2-4-13(9-12)19-14-10-16-7-5-11(14)6-8-16/h2-4,9,11,14H,5-8,10H2,1H3. The van der Waals surface area contributed by atoms with Crippen LogP contribution in [0.4, 0.5) is 0 Å². The Balaban J connectivity index is 1.71. The highest BCUT2D eigenvalue weighted by Gasteiger charge is 2.35. The first-order valence-electron chi connectivity index (χ1n) is 6.83. The minimum atomic E-state index is -0.320. The maximum Gasteiger partial charge on any atom is 0.337 e. The summed E-state index contributed by atoms with van der Waals surface area (Å²) in [6, 6.07) is 7.26. The number of benzene rings is 1. The van der Waals surface area contributed by atoms with Crippen molar-refractivity contribution in [2.75, 3.05) is 26.7 Å². The monoisotopic (exact) mass is 261 g/mol. The van der Waals surface area contributed by atoms with E-state index in [1.807, 2.05) is 12.1 Å². The van der Waals surface area contributed by atoms with Gasteiger partial charge in [0.25, 0.3) is 0 Å². The van der Waals surface area contributed by atoms with E-state index in [9.17, 15) is 4.79 Å². The molecule has 3 heterocycles. The fraction of sp³-hybridized carbons (Fsp3) is 0.533. The molecular formula is C15H19NO3. The summed E-state index contributed by atoms with van der Waals surface area (Å²) in [7, 11) is 1.39. The summed E-state index contributed by atoms with van der Waals surface area (Å²) in [6.45, 7) is 3.41. The minimum absolute atomic E-state index is 0.260. The molecule has 19 heavy (non-hydrogen) atoms. The lowest BCUT2D eigenvalue weighted by Gasteiger charge is -2.44. The van der Waals surface area contributed by atoms with E-state index in [1.165, 1.54) is 33.0 Å². The molecule has 3 saturated heterocycles. The van der Waals surface area contributed by atoms with Gasteiger partial charge in [0.2, 0.25) is 0 Å². The lowest BCUT2D eigenvalue weighted by Crippen LogP contribution is -2.52. The number of piperidine rings is 3.